The van der Waals surface area contributed by atoms with Gasteiger partial charge in [-0.15, -0.1) is 0 Å². The summed E-state index contributed by atoms with van der Waals surface area (Å²) in [6.07, 6.45) is 2.11. The monoisotopic (exact) mass is 246 g/mol. The molecule has 0 atom stereocenters. The molecular weight excluding hydrogens is 232 g/mol. The number of allylic oxidation sites excluding steroid dienone is 1. The van der Waals surface area contributed by atoms with Gasteiger partial charge in [-0.3, -0.25) is 14.4 Å². The summed E-state index contributed by atoms with van der Waals surface area (Å²) in [4.78, 5) is 32.8. The molecule has 1 aromatic rings. The fourth-order valence-electron chi connectivity index (χ4n) is 1.24. The van der Waals surface area contributed by atoms with E-state index >= 15 is 0 Å². The third-order valence-corrected chi connectivity index (χ3v) is 2.03. The zero-order valence-electron chi connectivity index (χ0n) is 9.97. The molecule has 5 nitrogen and oxygen atoms in total. The first kappa shape index (κ1) is 13.6. The highest BCUT2D eigenvalue weighted by Crippen LogP contribution is 2.03. The molecule has 0 fully saturated rings. The zero-order chi connectivity index (χ0) is 13.4. The van der Waals surface area contributed by atoms with Crippen molar-refractivity contribution in [3.8, 4) is 0 Å². The molecule has 2 N–H and O–H groups in total. The van der Waals surface area contributed by atoms with Crippen molar-refractivity contribution in [2.75, 3.05) is 6.54 Å². The number of benzene rings is 1. The first-order valence-corrected chi connectivity index (χ1v) is 5.38. The largest absolute Gasteiger partial charge is 0.347 e. The van der Waals surface area contributed by atoms with Crippen molar-refractivity contribution in [3.63, 3.8) is 0 Å². The van der Waals surface area contributed by atoms with Gasteiger partial charge in [0.05, 0.1) is 12.2 Å². The molecule has 0 radical (unpaired) electrons. The van der Waals surface area contributed by atoms with Crippen molar-refractivity contribution in [3.05, 3.63) is 41.6 Å². The lowest BCUT2D eigenvalue weighted by atomic mass is 10.2. The second-order valence-corrected chi connectivity index (χ2v) is 3.59. The standard InChI is InChI=1S/C13H14N2O3/c1-10(17)14-8-13(18)15-12(9-16)7-11-5-3-2-4-6-11/h2-7,9H,8H2,1H3,(H,14,17)(H,15,18). The van der Waals surface area contributed by atoms with E-state index in [1.54, 1.807) is 6.08 Å². The Labute approximate surface area is 105 Å². The summed E-state index contributed by atoms with van der Waals surface area (Å²) in [6, 6.07) is 9.13. The summed E-state index contributed by atoms with van der Waals surface area (Å²) < 4.78 is 0. The van der Waals surface area contributed by atoms with Crippen LogP contribution in [-0.2, 0) is 14.4 Å². The molecule has 5 heteroatoms. The normalized spacial score (nSPS) is 10.6. The minimum Gasteiger partial charge on any atom is -0.347 e. The number of hydrogen-bond acceptors (Lipinski definition) is 3. The third kappa shape index (κ3) is 5.07. The molecule has 0 aliphatic carbocycles. The Bertz CT molecular complexity index is 466. The van der Waals surface area contributed by atoms with Crippen molar-refractivity contribution < 1.29 is 14.4 Å². The topological polar surface area (TPSA) is 75.3 Å². The van der Waals surface area contributed by atoms with E-state index in [1.165, 1.54) is 6.92 Å². The highest BCUT2D eigenvalue weighted by atomic mass is 16.2. The summed E-state index contributed by atoms with van der Waals surface area (Å²) >= 11 is 0. The van der Waals surface area contributed by atoms with Gasteiger partial charge in [-0.05, 0) is 11.6 Å². The van der Waals surface area contributed by atoms with Gasteiger partial charge >= 0.3 is 0 Å². The van der Waals surface area contributed by atoms with Crippen LogP contribution >= 0.6 is 0 Å². The highest BCUT2D eigenvalue weighted by molar-refractivity contribution is 5.92. The maximum absolute atomic E-state index is 11.4. The molecule has 2 amide bonds. The van der Waals surface area contributed by atoms with E-state index in [4.69, 9.17) is 0 Å². The second-order valence-electron chi connectivity index (χ2n) is 3.59. The molecule has 1 rings (SSSR count). The van der Waals surface area contributed by atoms with Crippen molar-refractivity contribution in [2.24, 2.45) is 0 Å². The molecule has 1 aromatic carbocycles. The summed E-state index contributed by atoms with van der Waals surface area (Å²) in [6.45, 7) is 1.16. The summed E-state index contributed by atoms with van der Waals surface area (Å²) in [7, 11) is 0. The van der Waals surface area contributed by atoms with Crippen molar-refractivity contribution in [1.82, 2.24) is 10.6 Å². The quantitative estimate of drug-likeness (QED) is 0.586. The number of hydrogen-bond donors (Lipinski definition) is 2. The van der Waals surface area contributed by atoms with Crippen molar-refractivity contribution in [1.29, 1.82) is 0 Å². The number of nitrogens with one attached hydrogen (secondary N) is 2. The van der Waals surface area contributed by atoms with Crippen LogP contribution in [0.4, 0.5) is 0 Å². The van der Waals surface area contributed by atoms with E-state index < -0.39 is 5.91 Å². The predicted octanol–water partition coefficient (Wildman–Crippen LogP) is 0.479. The molecule has 0 aromatic heterocycles. The van der Waals surface area contributed by atoms with Crippen LogP contribution in [0.5, 0.6) is 0 Å². The fourth-order valence-corrected chi connectivity index (χ4v) is 1.24. The highest BCUT2D eigenvalue weighted by Gasteiger charge is 2.04. The summed E-state index contributed by atoms with van der Waals surface area (Å²) in [5.41, 5.74) is 0.955. The Morgan fingerprint density at radius 3 is 2.44 bits per heavy atom. The summed E-state index contributed by atoms with van der Waals surface area (Å²) in [5, 5.41) is 4.75. The van der Waals surface area contributed by atoms with Crippen LogP contribution in [0.3, 0.4) is 0 Å². The van der Waals surface area contributed by atoms with Gasteiger partial charge in [-0.1, -0.05) is 30.3 Å². The van der Waals surface area contributed by atoms with E-state index in [2.05, 4.69) is 10.6 Å². The number of carbonyl (C=O) groups excluding carboxylic acids is 3. The SMILES string of the molecule is CC(=O)NCC(=O)NC(C=O)=Cc1ccccc1. The zero-order valence-corrected chi connectivity index (χ0v) is 9.97. The molecule has 0 aliphatic rings. The molecule has 0 spiro atoms. The Morgan fingerprint density at radius 1 is 1.22 bits per heavy atom. The van der Waals surface area contributed by atoms with Gasteiger partial charge in [0.2, 0.25) is 11.8 Å². The first-order valence-electron chi connectivity index (χ1n) is 5.38. The lowest BCUT2D eigenvalue weighted by molar-refractivity contribution is -0.124. The molecule has 0 unspecified atom stereocenters. The molecule has 18 heavy (non-hydrogen) atoms. The van der Waals surface area contributed by atoms with Crippen LogP contribution in [0.1, 0.15) is 12.5 Å². The van der Waals surface area contributed by atoms with E-state index in [1.807, 2.05) is 30.3 Å². The minimum absolute atomic E-state index is 0.150. The average Bonchev–Trinajstić information content (AvgIpc) is 2.37. The van der Waals surface area contributed by atoms with E-state index in [0.29, 0.717) is 6.29 Å². The Hall–Kier alpha value is -2.43. The van der Waals surface area contributed by atoms with Crippen LogP contribution in [0.2, 0.25) is 0 Å². The van der Waals surface area contributed by atoms with Crippen LogP contribution in [0, 0.1) is 0 Å². The minimum atomic E-state index is -0.445. The van der Waals surface area contributed by atoms with E-state index in [0.717, 1.165) is 5.56 Å². The smallest absolute Gasteiger partial charge is 0.243 e. The molecule has 0 bridgehead atoms. The molecule has 0 saturated heterocycles. The second kappa shape index (κ2) is 7.01. The van der Waals surface area contributed by atoms with E-state index in [-0.39, 0.29) is 18.1 Å². The van der Waals surface area contributed by atoms with Gasteiger partial charge in [0.1, 0.15) is 0 Å². The van der Waals surface area contributed by atoms with Crippen molar-refractivity contribution in [2.45, 2.75) is 6.92 Å². The van der Waals surface area contributed by atoms with Gasteiger partial charge in [-0.25, -0.2) is 0 Å². The fraction of sp³-hybridized carbons (Fsp3) is 0.154. The van der Waals surface area contributed by atoms with Crippen LogP contribution in [-0.4, -0.2) is 24.6 Å². The first-order chi connectivity index (χ1) is 8.61. The number of rotatable bonds is 5. The predicted molar refractivity (Wildman–Crippen MR) is 67.3 cm³/mol. The molecule has 94 valence electrons. The average molecular weight is 246 g/mol. The maximum atomic E-state index is 11.4. The van der Waals surface area contributed by atoms with Crippen molar-refractivity contribution >= 4 is 24.2 Å². The Balaban J connectivity index is 2.62. The Morgan fingerprint density at radius 2 is 1.89 bits per heavy atom. The van der Waals surface area contributed by atoms with E-state index in [9.17, 15) is 14.4 Å². The molecule has 0 saturated carbocycles. The van der Waals surface area contributed by atoms with Crippen LogP contribution in [0.15, 0.2) is 36.0 Å². The summed E-state index contributed by atoms with van der Waals surface area (Å²) in [5.74, 6) is -0.746. The Kier molecular flexibility index (Phi) is 5.31. The third-order valence-electron chi connectivity index (χ3n) is 2.03. The van der Waals surface area contributed by atoms with Crippen LogP contribution in [0.25, 0.3) is 6.08 Å². The number of aldehydes is 1. The molecule has 0 heterocycles. The lowest BCUT2D eigenvalue weighted by Gasteiger charge is -2.04. The lowest BCUT2D eigenvalue weighted by Crippen LogP contribution is -2.35. The maximum Gasteiger partial charge on any atom is 0.243 e. The van der Waals surface area contributed by atoms with Crippen LogP contribution < -0.4 is 10.6 Å². The van der Waals surface area contributed by atoms with Gasteiger partial charge < -0.3 is 10.6 Å². The number of amides is 2. The molecular formula is C13H14N2O3. The molecule has 0 aliphatic heterocycles. The number of carbonyl (C=O) groups is 3. The van der Waals surface area contributed by atoms with Gasteiger partial charge in [0.15, 0.2) is 6.29 Å². The van der Waals surface area contributed by atoms with Gasteiger partial charge in [-0.2, -0.15) is 0 Å². The van der Waals surface area contributed by atoms with Gasteiger partial charge in [0.25, 0.3) is 0 Å². The van der Waals surface area contributed by atoms with Gasteiger partial charge in [0, 0.05) is 6.92 Å².